The maximum atomic E-state index is 12.4. The molecule has 1 saturated heterocycles. The van der Waals surface area contributed by atoms with Gasteiger partial charge in [-0.05, 0) is 63.0 Å². The molecule has 1 amide bonds. The number of nitrogens with one attached hydrogen (secondary N) is 1. The quantitative estimate of drug-likeness (QED) is 0.929. The molecule has 0 unspecified atom stereocenters. The summed E-state index contributed by atoms with van der Waals surface area (Å²) in [4.78, 5) is 14.3. The molecule has 1 aromatic rings. The summed E-state index contributed by atoms with van der Waals surface area (Å²) in [6.45, 7) is 4.68. The Balaban J connectivity index is 0.00000200. The molecule has 1 aliphatic rings. The van der Waals surface area contributed by atoms with Gasteiger partial charge in [0.25, 0.3) is 5.91 Å². The van der Waals surface area contributed by atoms with E-state index in [1.165, 1.54) is 0 Å². The van der Waals surface area contributed by atoms with Gasteiger partial charge < -0.3 is 10.2 Å². The summed E-state index contributed by atoms with van der Waals surface area (Å²) in [6, 6.07) is 5.50. The van der Waals surface area contributed by atoms with Crippen LogP contribution in [-0.2, 0) is 0 Å². The van der Waals surface area contributed by atoms with E-state index in [2.05, 4.69) is 5.32 Å². The molecule has 1 aliphatic heterocycles. The summed E-state index contributed by atoms with van der Waals surface area (Å²) in [5.41, 5.74) is 1.70. The Kier molecular flexibility index (Phi) is 6.80. The van der Waals surface area contributed by atoms with Crippen molar-refractivity contribution in [2.75, 3.05) is 26.7 Å². The minimum absolute atomic E-state index is 0. The van der Waals surface area contributed by atoms with E-state index in [4.69, 9.17) is 11.6 Å². The predicted molar refractivity (Wildman–Crippen MR) is 86.0 cm³/mol. The van der Waals surface area contributed by atoms with Gasteiger partial charge in [0.1, 0.15) is 0 Å². The number of aryl methyl sites for hydroxylation is 1. The summed E-state index contributed by atoms with van der Waals surface area (Å²) in [5, 5.41) is 3.92. The van der Waals surface area contributed by atoms with Gasteiger partial charge in [0.15, 0.2) is 0 Å². The molecule has 5 heteroatoms. The van der Waals surface area contributed by atoms with Crippen LogP contribution in [0.4, 0.5) is 0 Å². The van der Waals surface area contributed by atoms with Gasteiger partial charge in [-0.3, -0.25) is 4.79 Å². The van der Waals surface area contributed by atoms with Gasteiger partial charge in [-0.15, -0.1) is 12.4 Å². The lowest BCUT2D eigenvalue weighted by Crippen LogP contribution is -2.40. The number of halogens is 2. The fourth-order valence-corrected chi connectivity index (χ4v) is 2.71. The van der Waals surface area contributed by atoms with E-state index in [1.807, 2.05) is 31.0 Å². The minimum Gasteiger partial charge on any atom is -0.339 e. The van der Waals surface area contributed by atoms with Crippen molar-refractivity contribution >= 4 is 29.9 Å². The first kappa shape index (κ1) is 17.3. The maximum Gasteiger partial charge on any atom is 0.253 e. The third-order valence-corrected chi connectivity index (χ3v) is 4.22. The van der Waals surface area contributed by atoms with Gasteiger partial charge >= 0.3 is 0 Å². The smallest absolute Gasteiger partial charge is 0.253 e. The van der Waals surface area contributed by atoms with Crippen molar-refractivity contribution in [1.29, 1.82) is 0 Å². The monoisotopic (exact) mass is 316 g/mol. The number of amides is 1. The van der Waals surface area contributed by atoms with Crippen LogP contribution in [0.2, 0.25) is 5.02 Å². The van der Waals surface area contributed by atoms with Crippen LogP contribution in [0.5, 0.6) is 0 Å². The normalized spacial score (nSPS) is 15.8. The molecule has 1 fully saturated rings. The number of rotatable bonds is 3. The second-order valence-corrected chi connectivity index (χ2v) is 5.66. The molecule has 2 rings (SSSR count). The third kappa shape index (κ3) is 4.11. The Labute approximate surface area is 132 Å². The van der Waals surface area contributed by atoms with E-state index >= 15 is 0 Å². The molecular weight excluding hydrogens is 295 g/mol. The second kappa shape index (κ2) is 7.87. The number of carbonyl (C=O) groups is 1. The highest BCUT2D eigenvalue weighted by atomic mass is 35.5. The lowest BCUT2D eigenvalue weighted by Gasteiger charge is -2.32. The summed E-state index contributed by atoms with van der Waals surface area (Å²) < 4.78 is 0. The molecule has 0 bridgehead atoms. The molecule has 0 atom stereocenters. The van der Waals surface area contributed by atoms with E-state index in [9.17, 15) is 4.79 Å². The molecule has 3 nitrogen and oxygen atoms in total. The Morgan fingerprint density at radius 1 is 1.40 bits per heavy atom. The average molecular weight is 317 g/mol. The van der Waals surface area contributed by atoms with Crippen molar-refractivity contribution in [3.05, 3.63) is 34.3 Å². The highest BCUT2D eigenvalue weighted by molar-refractivity contribution is 6.31. The molecule has 1 aromatic carbocycles. The molecule has 0 radical (unpaired) electrons. The zero-order chi connectivity index (χ0) is 13.8. The van der Waals surface area contributed by atoms with Crippen molar-refractivity contribution in [1.82, 2.24) is 10.2 Å². The van der Waals surface area contributed by atoms with Gasteiger partial charge in [0, 0.05) is 23.7 Å². The van der Waals surface area contributed by atoms with Crippen LogP contribution in [0.25, 0.3) is 0 Å². The van der Waals surface area contributed by atoms with Crippen LogP contribution in [-0.4, -0.2) is 37.5 Å². The standard InChI is InChI=1S/C15H21ClN2O.ClH/c1-11-9-13(3-4-14(11)16)15(19)18-7-5-12(6-8-18)10-17-2;/h3-4,9,12,17H,5-8,10H2,1-2H3;1H. The van der Waals surface area contributed by atoms with Crippen LogP contribution < -0.4 is 5.32 Å². The number of hydrogen-bond acceptors (Lipinski definition) is 2. The topological polar surface area (TPSA) is 32.3 Å². The predicted octanol–water partition coefficient (Wildman–Crippen LogP) is 3.14. The molecule has 112 valence electrons. The number of piperidine rings is 1. The summed E-state index contributed by atoms with van der Waals surface area (Å²) >= 11 is 5.99. The fourth-order valence-electron chi connectivity index (χ4n) is 2.59. The number of carbonyl (C=O) groups excluding carboxylic acids is 1. The van der Waals surface area contributed by atoms with Crippen LogP contribution in [0, 0.1) is 12.8 Å². The van der Waals surface area contributed by atoms with Crippen molar-refractivity contribution in [2.24, 2.45) is 5.92 Å². The third-order valence-electron chi connectivity index (χ3n) is 3.80. The van der Waals surface area contributed by atoms with Crippen LogP contribution in [0.3, 0.4) is 0 Å². The summed E-state index contributed by atoms with van der Waals surface area (Å²) in [6.07, 6.45) is 2.16. The van der Waals surface area contributed by atoms with E-state index < -0.39 is 0 Å². The zero-order valence-electron chi connectivity index (χ0n) is 12.0. The molecule has 1 N–H and O–H groups in total. The summed E-state index contributed by atoms with van der Waals surface area (Å²) in [5.74, 6) is 0.823. The largest absolute Gasteiger partial charge is 0.339 e. The van der Waals surface area contributed by atoms with E-state index in [0.717, 1.165) is 43.6 Å². The number of nitrogens with zero attached hydrogens (tertiary/aromatic N) is 1. The number of hydrogen-bond donors (Lipinski definition) is 1. The van der Waals surface area contributed by atoms with Crippen LogP contribution in [0.15, 0.2) is 18.2 Å². The lowest BCUT2D eigenvalue weighted by atomic mass is 9.96. The molecule has 0 aliphatic carbocycles. The van der Waals surface area contributed by atoms with E-state index in [1.54, 1.807) is 6.07 Å². The molecule has 1 heterocycles. The Bertz CT molecular complexity index is 457. The zero-order valence-corrected chi connectivity index (χ0v) is 13.6. The van der Waals surface area contributed by atoms with E-state index in [0.29, 0.717) is 10.9 Å². The van der Waals surface area contributed by atoms with Gasteiger partial charge in [-0.2, -0.15) is 0 Å². The Morgan fingerprint density at radius 3 is 2.60 bits per heavy atom. The molecular formula is C15H22Cl2N2O. The Morgan fingerprint density at radius 2 is 2.05 bits per heavy atom. The maximum absolute atomic E-state index is 12.4. The van der Waals surface area contributed by atoms with Crippen molar-refractivity contribution in [2.45, 2.75) is 19.8 Å². The van der Waals surface area contributed by atoms with E-state index in [-0.39, 0.29) is 18.3 Å². The average Bonchev–Trinajstić information content (AvgIpc) is 2.42. The first-order valence-electron chi connectivity index (χ1n) is 6.82. The number of likely N-dealkylation sites (tertiary alicyclic amines) is 1. The van der Waals surface area contributed by atoms with Crippen LogP contribution >= 0.6 is 24.0 Å². The Hall–Kier alpha value is -0.770. The second-order valence-electron chi connectivity index (χ2n) is 5.26. The molecule has 20 heavy (non-hydrogen) atoms. The minimum atomic E-state index is 0. The fraction of sp³-hybridized carbons (Fsp3) is 0.533. The first-order chi connectivity index (χ1) is 9.11. The molecule has 0 saturated carbocycles. The van der Waals surface area contributed by atoms with Crippen molar-refractivity contribution in [3.63, 3.8) is 0 Å². The van der Waals surface area contributed by atoms with Gasteiger partial charge in [-0.25, -0.2) is 0 Å². The van der Waals surface area contributed by atoms with Gasteiger partial charge in [0.05, 0.1) is 0 Å². The molecule has 0 spiro atoms. The highest BCUT2D eigenvalue weighted by Crippen LogP contribution is 2.21. The van der Waals surface area contributed by atoms with Crippen LogP contribution in [0.1, 0.15) is 28.8 Å². The number of benzene rings is 1. The highest BCUT2D eigenvalue weighted by Gasteiger charge is 2.23. The van der Waals surface area contributed by atoms with Crippen molar-refractivity contribution in [3.8, 4) is 0 Å². The van der Waals surface area contributed by atoms with Crippen molar-refractivity contribution < 1.29 is 4.79 Å². The SMILES string of the molecule is CNCC1CCN(C(=O)c2ccc(Cl)c(C)c2)CC1.Cl. The summed E-state index contributed by atoms with van der Waals surface area (Å²) in [7, 11) is 1.98. The molecule has 0 aromatic heterocycles. The van der Waals surface area contributed by atoms with Gasteiger partial charge in [0.2, 0.25) is 0 Å². The lowest BCUT2D eigenvalue weighted by molar-refractivity contribution is 0.0691. The van der Waals surface area contributed by atoms with Gasteiger partial charge in [-0.1, -0.05) is 11.6 Å². The first-order valence-corrected chi connectivity index (χ1v) is 7.19.